The predicted octanol–water partition coefficient (Wildman–Crippen LogP) is 1.83. The molecule has 1 saturated heterocycles. The monoisotopic (exact) mass is 370 g/mol. The van der Waals surface area contributed by atoms with Crippen molar-refractivity contribution in [2.24, 2.45) is 5.73 Å². The van der Waals surface area contributed by atoms with Crippen LogP contribution in [-0.2, 0) is 21.4 Å². The van der Waals surface area contributed by atoms with E-state index >= 15 is 0 Å². The minimum Gasteiger partial charge on any atom is -0.370 e. The third-order valence-electron chi connectivity index (χ3n) is 3.61. The Labute approximate surface area is 137 Å². The Morgan fingerprint density at radius 1 is 1.38 bits per heavy atom. The highest BCUT2D eigenvalue weighted by atomic mass is 32.2. The molecule has 136 valence electrons. The van der Waals surface area contributed by atoms with Gasteiger partial charge in [-0.1, -0.05) is 12.1 Å². The molecule has 0 unspecified atom stereocenters. The largest absolute Gasteiger partial charge is 0.370 e. The summed E-state index contributed by atoms with van der Waals surface area (Å²) in [5.41, 5.74) is 6.00. The summed E-state index contributed by atoms with van der Waals surface area (Å²) in [4.78, 5) is -0.0154. The zero-order valence-electron chi connectivity index (χ0n) is 12.7. The number of nitrogens with zero attached hydrogens (tertiary/aromatic N) is 1. The number of hydrogen-bond acceptors (Lipinski definition) is 4. The Bertz CT molecular complexity index is 670. The van der Waals surface area contributed by atoms with Gasteiger partial charge in [0.15, 0.2) is 0 Å². The molecule has 1 aromatic carbocycles. The van der Waals surface area contributed by atoms with Gasteiger partial charge >= 0.3 is 12.3 Å². The summed E-state index contributed by atoms with van der Waals surface area (Å²) in [5.74, 6) is -4.24. The molecule has 5 nitrogen and oxygen atoms in total. The van der Waals surface area contributed by atoms with E-state index in [4.69, 9.17) is 5.73 Å². The fraction of sp³-hybridized carbons (Fsp3) is 0.571. The molecule has 1 aliphatic rings. The molecule has 10 heteroatoms. The number of nitrogens with two attached hydrogens (primary N) is 1. The second kappa shape index (κ2) is 7.34. The van der Waals surface area contributed by atoms with Crippen molar-refractivity contribution in [3.8, 4) is 0 Å². The molecule has 1 aromatic rings. The minimum absolute atomic E-state index is 0.0154. The number of sulfonamides is 1. The fourth-order valence-corrected chi connectivity index (χ4v) is 3.87. The summed E-state index contributed by atoms with van der Waals surface area (Å²) in [5, 5.41) is 0. The first-order valence-electron chi connectivity index (χ1n) is 7.21. The number of ether oxygens (including phenoxy) is 1. The molecular weight excluding hydrogens is 352 g/mol. The van der Waals surface area contributed by atoms with Gasteiger partial charge in [-0.2, -0.15) is 13.1 Å². The van der Waals surface area contributed by atoms with E-state index < -0.39 is 35.6 Å². The molecule has 0 spiro atoms. The molecule has 2 rings (SSSR count). The summed E-state index contributed by atoms with van der Waals surface area (Å²) in [6.45, 7) is -1.32. The number of hydrogen-bond donors (Lipinski definition) is 1. The highest BCUT2D eigenvalue weighted by molar-refractivity contribution is 7.89. The van der Waals surface area contributed by atoms with Crippen molar-refractivity contribution >= 4 is 10.0 Å². The molecule has 1 heterocycles. The van der Waals surface area contributed by atoms with Gasteiger partial charge in [0.2, 0.25) is 10.0 Å². The van der Waals surface area contributed by atoms with Crippen molar-refractivity contribution < 1.29 is 30.7 Å². The number of rotatable bonds is 7. The van der Waals surface area contributed by atoms with Crippen LogP contribution in [0.4, 0.5) is 17.6 Å². The van der Waals surface area contributed by atoms with Crippen LogP contribution >= 0.6 is 0 Å². The first-order chi connectivity index (χ1) is 11.1. The molecule has 0 radical (unpaired) electrons. The Morgan fingerprint density at radius 3 is 2.67 bits per heavy atom. The first-order valence-corrected chi connectivity index (χ1v) is 8.65. The van der Waals surface area contributed by atoms with E-state index in [9.17, 15) is 26.0 Å². The van der Waals surface area contributed by atoms with Crippen LogP contribution in [0.25, 0.3) is 0 Å². The highest BCUT2D eigenvalue weighted by Crippen LogP contribution is 2.24. The Morgan fingerprint density at radius 2 is 2.08 bits per heavy atom. The van der Waals surface area contributed by atoms with Crippen LogP contribution in [0.5, 0.6) is 0 Å². The number of benzene rings is 1. The zero-order chi connectivity index (χ0) is 18.0. The minimum atomic E-state index is -4.24. The van der Waals surface area contributed by atoms with Crippen molar-refractivity contribution in [1.82, 2.24) is 4.31 Å². The van der Waals surface area contributed by atoms with E-state index in [0.29, 0.717) is 18.5 Å². The van der Waals surface area contributed by atoms with Crippen LogP contribution < -0.4 is 5.73 Å². The summed E-state index contributed by atoms with van der Waals surface area (Å²) in [7, 11) is -3.73. The molecule has 1 atom stereocenters. The summed E-state index contributed by atoms with van der Waals surface area (Å²) < 4.78 is 80.4. The SMILES string of the molecule is N[C@@H]1CCN(S(=O)(=O)c2cccc(COCC(F)(F)C(F)F)c2)C1. The lowest BCUT2D eigenvalue weighted by atomic mass is 10.2. The molecule has 0 bridgehead atoms. The molecule has 0 amide bonds. The second-order valence-electron chi connectivity index (χ2n) is 5.61. The van der Waals surface area contributed by atoms with E-state index in [-0.39, 0.29) is 17.5 Å². The molecule has 2 N–H and O–H groups in total. The van der Waals surface area contributed by atoms with Gasteiger partial charge in [-0.15, -0.1) is 0 Å². The maximum Gasteiger partial charge on any atom is 0.330 e. The molecule has 0 aliphatic carbocycles. The Kier molecular flexibility index (Phi) is 5.84. The Hall–Kier alpha value is -1.23. The molecule has 1 fully saturated rings. The molecule has 24 heavy (non-hydrogen) atoms. The van der Waals surface area contributed by atoms with Gasteiger partial charge in [0.1, 0.15) is 6.61 Å². The topological polar surface area (TPSA) is 72.6 Å². The van der Waals surface area contributed by atoms with Crippen molar-refractivity contribution in [2.75, 3.05) is 19.7 Å². The van der Waals surface area contributed by atoms with E-state index in [1.807, 2.05) is 0 Å². The molecule has 0 saturated carbocycles. The van der Waals surface area contributed by atoms with E-state index in [1.165, 1.54) is 28.6 Å². The van der Waals surface area contributed by atoms with Crippen LogP contribution in [0.2, 0.25) is 0 Å². The lowest BCUT2D eigenvalue weighted by Crippen LogP contribution is -2.32. The first kappa shape index (κ1) is 19.1. The van der Waals surface area contributed by atoms with Crippen LogP contribution in [0.15, 0.2) is 29.2 Å². The number of halogens is 4. The zero-order valence-corrected chi connectivity index (χ0v) is 13.5. The van der Waals surface area contributed by atoms with E-state index in [1.54, 1.807) is 0 Å². The van der Waals surface area contributed by atoms with Crippen molar-refractivity contribution in [3.05, 3.63) is 29.8 Å². The van der Waals surface area contributed by atoms with Gasteiger partial charge in [-0.25, -0.2) is 17.2 Å². The lowest BCUT2D eigenvalue weighted by molar-refractivity contribution is -0.168. The average Bonchev–Trinajstić information content (AvgIpc) is 2.94. The third-order valence-corrected chi connectivity index (χ3v) is 5.47. The summed E-state index contributed by atoms with van der Waals surface area (Å²) in [6.07, 6.45) is -3.26. The quantitative estimate of drug-likeness (QED) is 0.744. The number of alkyl halides is 4. The van der Waals surface area contributed by atoms with Gasteiger partial charge < -0.3 is 10.5 Å². The fourth-order valence-electron chi connectivity index (χ4n) is 2.29. The van der Waals surface area contributed by atoms with Crippen LogP contribution in [-0.4, -0.2) is 50.8 Å². The average molecular weight is 370 g/mol. The van der Waals surface area contributed by atoms with Crippen molar-refractivity contribution in [3.63, 3.8) is 0 Å². The normalized spacial score (nSPS) is 20.0. The van der Waals surface area contributed by atoms with Gasteiger partial charge in [-0.05, 0) is 24.1 Å². The predicted molar refractivity (Wildman–Crippen MR) is 78.4 cm³/mol. The molecule has 0 aromatic heterocycles. The van der Waals surface area contributed by atoms with Crippen LogP contribution in [0, 0.1) is 0 Å². The Balaban J connectivity index is 2.04. The van der Waals surface area contributed by atoms with Gasteiger partial charge in [-0.3, -0.25) is 0 Å². The standard InChI is InChI=1S/C14H18F4N2O3S/c15-13(16)14(17,18)9-23-8-10-2-1-3-12(6-10)24(21,22)20-5-4-11(19)7-20/h1-3,6,11,13H,4-5,7-9,19H2/t11-/m1/s1. The maximum atomic E-state index is 12.8. The smallest absolute Gasteiger partial charge is 0.330 e. The van der Waals surface area contributed by atoms with Crippen LogP contribution in [0.3, 0.4) is 0 Å². The summed E-state index contributed by atoms with van der Waals surface area (Å²) >= 11 is 0. The highest BCUT2D eigenvalue weighted by Gasteiger charge is 2.41. The van der Waals surface area contributed by atoms with Gasteiger partial charge in [0.05, 0.1) is 11.5 Å². The second-order valence-corrected chi connectivity index (χ2v) is 7.55. The van der Waals surface area contributed by atoms with Crippen molar-refractivity contribution in [2.45, 2.75) is 36.3 Å². The lowest BCUT2D eigenvalue weighted by Gasteiger charge is -2.17. The van der Waals surface area contributed by atoms with Gasteiger partial charge in [0.25, 0.3) is 0 Å². The van der Waals surface area contributed by atoms with E-state index in [2.05, 4.69) is 4.74 Å². The van der Waals surface area contributed by atoms with E-state index in [0.717, 1.165) is 0 Å². The summed E-state index contributed by atoms with van der Waals surface area (Å²) in [6, 6.07) is 5.33. The van der Waals surface area contributed by atoms with Crippen molar-refractivity contribution in [1.29, 1.82) is 0 Å². The van der Waals surface area contributed by atoms with Crippen LogP contribution in [0.1, 0.15) is 12.0 Å². The third kappa shape index (κ3) is 4.44. The van der Waals surface area contributed by atoms with Gasteiger partial charge in [0, 0.05) is 19.1 Å². The molecule has 1 aliphatic heterocycles. The molecular formula is C14H18F4N2O3S. The maximum absolute atomic E-state index is 12.8.